The SMILES string of the molecule is C[C@H]1CN(c2ccc(Nc3ncc4c(n3)N(S(=O)(=O)c3cccc5cccnc35)CC4(C)C)cc2F)CCN1. The van der Waals surface area contributed by atoms with Gasteiger partial charge in [-0.3, -0.25) is 4.98 Å². The van der Waals surface area contributed by atoms with E-state index in [1.165, 1.54) is 10.4 Å². The Morgan fingerprint density at radius 2 is 1.95 bits per heavy atom. The summed E-state index contributed by atoms with van der Waals surface area (Å²) in [4.78, 5) is 15.5. The first-order valence-electron chi connectivity index (χ1n) is 12.9. The third kappa shape index (κ3) is 4.55. The van der Waals surface area contributed by atoms with Gasteiger partial charge in [-0.15, -0.1) is 0 Å². The van der Waals surface area contributed by atoms with Gasteiger partial charge in [0.05, 0.1) is 11.2 Å². The summed E-state index contributed by atoms with van der Waals surface area (Å²) in [5.41, 5.74) is 1.65. The first kappa shape index (κ1) is 25.4. The van der Waals surface area contributed by atoms with E-state index in [0.717, 1.165) is 30.6 Å². The Morgan fingerprint density at radius 1 is 1.13 bits per heavy atom. The Balaban J connectivity index is 1.33. The van der Waals surface area contributed by atoms with E-state index < -0.39 is 15.4 Å². The number of hydrogen-bond donors (Lipinski definition) is 2. The van der Waals surface area contributed by atoms with Gasteiger partial charge in [0, 0.05) is 66.7 Å². The van der Waals surface area contributed by atoms with Crippen LogP contribution in [0.1, 0.15) is 26.3 Å². The van der Waals surface area contributed by atoms with Gasteiger partial charge in [0.25, 0.3) is 10.0 Å². The Hall–Kier alpha value is -3.83. The highest BCUT2D eigenvalue weighted by Gasteiger charge is 2.43. The molecule has 39 heavy (non-hydrogen) atoms. The van der Waals surface area contributed by atoms with Gasteiger partial charge in [-0.1, -0.05) is 32.0 Å². The summed E-state index contributed by atoms with van der Waals surface area (Å²) in [6.07, 6.45) is 3.23. The van der Waals surface area contributed by atoms with Gasteiger partial charge in [0.2, 0.25) is 5.95 Å². The molecule has 0 aliphatic carbocycles. The highest BCUT2D eigenvalue weighted by molar-refractivity contribution is 7.93. The smallest absolute Gasteiger partial charge is 0.267 e. The van der Waals surface area contributed by atoms with E-state index >= 15 is 4.39 Å². The number of nitrogens with one attached hydrogen (secondary N) is 2. The predicted octanol–water partition coefficient (Wildman–Crippen LogP) is 4.19. The number of para-hydroxylation sites is 1. The minimum Gasteiger partial charge on any atom is -0.366 e. The van der Waals surface area contributed by atoms with Crippen molar-refractivity contribution in [1.29, 1.82) is 0 Å². The van der Waals surface area contributed by atoms with Crippen LogP contribution in [-0.4, -0.2) is 55.6 Å². The fraction of sp³-hybridized carbons (Fsp3) is 0.321. The molecule has 2 aromatic carbocycles. The molecule has 9 nitrogen and oxygen atoms in total. The van der Waals surface area contributed by atoms with E-state index in [4.69, 9.17) is 0 Å². The van der Waals surface area contributed by atoms with E-state index in [-0.39, 0.29) is 29.2 Å². The molecule has 0 spiro atoms. The lowest BCUT2D eigenvalue weighted by atomic mass is 9.89. The van der Waals surface area contributed by atoms with Crippen LogP contribution in [0.2, 0.25) is 0 Å². The van der Waals surface area contributed by atoms with Gasteiger partial charge in [0.15, 0.2) is 5.82 Å². The van der Waals surface area contributed by atoms with Gasteiger partial charge in [-0.05, 0) is 37.3 Å². The van der Waals surface area contributed by atoms with Crippen LogP contribution in [0, 0.1) is 5.82 Å². The highest BCUT2D eigenvalue weighted by Crippen LogP contribution is 2.42. The number of nitrogens with zero attached hydrogens (tertiary/aromatic N) is 5. The molecule has 11 heteroatoms. The van der Waals surface area contributed by atoms with Crippen LogP contribution in [0.15, 0.2) is 65.8 Å². The summed E-state index contributed by atoms with van der Waals surface area (Å²) in [6, 6.07) is 13.9. The average molecular weight is 548 g/mol. The molecule has 0 amide bonds. The van der Waals surface area contributed by atoms with Crippen LogP contribution < -0.4 is 19.8 Å². The fourth-order valence-electron chi connectivity index (χ4n) is 5.34. The zero-order valence-corrected chi connectivity index (χ0v) is 22.8. The molecule has 4 heterocycles. The van der Waals surface area contributed by atoms with Crippen molar-refractivity contribution in [3.8, 4) is 0 Å². The Morgan fingerprint density at radius 3 is 2.74 bits per heavy atom. The topological polar surface area (TPSA) is 103 Å². The maximum Gasteiger partial charge on any atom is 0.267 e. The molecule has 1 fully saturated rings. The van der Waals surface area contributed by atoms with Crippen LogP contribution in [-0.2, 0) is 15.4 Å². The van der Waals surface area contributed by atoms with Crippen LogP contribution in [0.3, 0.4) is 0 Å². The van der Waals surface area contributed by atoms with E-state index in [1.807, 2.05) is 30.9 Å². The second kappa shape index (κ2) is 9.42. The summed E-state index contributed by atoms with van der Waals surface area (Å²) in [7, 11) is -3.99. The zero-order chi connectivity index (χ0) is 27.4. The molecule has 0 bridgehead atoms. The molecule has 2 N–H and O–H groups in total. The van der Waals surface area contributed by atoms with E-state index in [9.17, 15) is 8.42 Å². The fourth-order valence-corrected chi connectivity index (χ4v) is 7.11. The van der Waals surface area contributed by atoms with Crippen molar-refractivity contribution < 1.29 is 12.8 Å². The van der Waals surface area contributed by atoms with E-state index in [1.54, 1.807) is 42.7 Å². The van der Waals surface area contributed by atoms with Crippen LogP contribution in [0.5, 0.6) is 0 Å². The number of aromatic nitrogens is 3. The lowest BCUT2D eigenvalue weighted by Gasteiger charge is -2.33. The Bertz CT molecular complexity index is 1670. The first-order chi connectivity index (χ1) is 18.6. The summed E-state index contributed by atoms with van der Waals surface area (Å²) in [5.74, 6) is 0.145. The molecule has 2 aromatic heterocycles. The van der Waals surface area contributed by atoms with Crippen molar-refractivity contribution in [2.75, 3.05) is 40.7 Å². The molecule has 0 unspecified atom stereocenters. The molecule has 1 atom stereocenters. The molecule has 1 saturated heterocycles. The molecule has 2 aliphatic heterocycles. The van der Waals surface area contributed by atoms with Crippen molar-refractivity contribution in [3.05, 3.63) is 72.3 Å². The number of hydrogen-bond acceptors (Lipinski definition) is 8. The third-order valence-electron chi connectivity index (χ3n) is 7.35. The van der Waals surface area contributed by atoms with E-state index in [2.05, 4.69) is 32.5 Å². The number of sulfonamides is 1. The van der Waals surface area contributed by atoms with Crippen LogP contribution >= 0.6 is 0 Å². The number of benzene rings is 2. The lowest BCUT2D eigenvalue weighted by molar-refractivity contribution is 0.478. The molecule has 6 rings (SSSR count). The summed E-state index contributed by atoms with van der Waals surface area (Å²) in [6.45, 7) is 8.46. The van der Waals surface area contributed by atoms with Crippen molar-refractivity contribution >= 4 is 44.1 Å². The Kier molecular flexibility index (Phi) is 6.15. The third-order valence-corrected chi connectivity index (χ3v) is 9.12. The summed E-state index contributed by atoms with van der Waals surface area (Å²) >= 11 is 0. The quantitative estimate of drug-likeness (QED) is 0.383. The highest BCUT2D eigenvalue weighted by atomic mass is 32.2. The van der Waals surface area contributed by atoms with Gasteiger partial charge < -0.3 is 15.5 Å². The molecule has 4 aromatic rings. The van der Waals surface area contributed by atoms with Crippen LogP contribution in [0.4, 0.5) is 27.5 Å². The molecular formula is C28H30FN7O2S. The Labute approximate surface area is 227 Å². The number of fused-ring (bicyclic) bond motifs is 2. The molecule has 2 aliphatic rings. The van der Waals surface area contributed by atoms with Gasteiger partial charge in [-0.2, -0.15) is 4.98 Å². The van der Waals surface area contributed by atoms with Gasteiger partial charge in [-0.25, -0.2) is 22.1 Å². The zero-order valence-electron chi connectivity index (χ0n) is 22.0. The normalized spacial score (nSPS) is 18.8. The summed E-state index contributed by atoms with van der Waals surface area (Å²) in [5, 5.41) is 7.16. The largest absolute Gasteiger partial charge is 0.366 e. The summed E-state index contributed by atoms with van der Waals surface area (Å²) < 4.78 is 44.4. The van der Waals surface area contributed by atoms with Crippen molar-refractivity contribution in [3.63, 3.8) is 0 Å². The average Bonchev–Trinajstić information content (AvgIpc) is 3.19. The van der Waals surface area contributed by atoms with Crippen LogP contribution in [0.25, 0.3) is 10.9 Å². The first-order valence-corrected chi connectivity index (χ1v) is 14.4. The van der Waals surface area contributed by atoms with E-state index in [0.29, 0.717) is 22.7 Å². The molecule has 0 saturated carbocycles. The minimum atomic E-state index is -3.99. The number of rotatable bonds is 5. The van der Waals surface area contributed by atoms with Crippen molar-refractivity contribution in [1.82, 2.24) is 20.3 Å². The lowest BCUT2D eigenvalue weighted by Crippen LogP contribution is -2.49. The number of pyridine rings is 1. The second-order valence-electron chi connectivity index (χ2n) is 10.8. The number of anilines is 4. The predicted molar refractivity (Wildman–Crippen MR) is 151 cm³/mol. The van der Waals surface area contributed by atoms with Gasteiger partial charge >= 0.3 is 0 Å². The molecule has 0 radical (unpaired) electrons. The van der Waals surface area contributed by atoms with Gasteiger partial charge in [0.1, 0.15) is 10.7 Å². The van der Waals surface area contributed by atoms with Crippen molar-refractivity contribution in [2.45, 2.75) is 37.1 Å². The minimum absolute atomic E-state index is 0.122. The van der Waals surface area contributed by atoms with Crippen molar-refractivity contribution in [2.24, 2.45) is 0 Å². The maximum absolute atomic E-state index is 15.1. The number of piperazine rings is 1. The monoisotopic (exact) mass is 547 g/mol. The standard InChI is InChI=1S/C28H30FN7O2S/c1-18-16-35(13-12-30-18)23-10-9-20(14-22(23)29)33-27-32-15-21-26(34-27)36(17-28(21,2)3)39(37,38)24-8-4-6-19-7-5-11-31-25(19)24/h4-11,14-15,18,30H,12-13,16-17H2,1-3H3,(H,32,33,34)/t18-/m0/s1. The number of halogens is 1. The second-order valence-corrected chi connectivity index (χ2v) is 12.6. The maximum atomic E-state index is 15.1. The molecule has 202 valence electrons. The molecular weight excluding hydrogens is 517 g/mol.